The van der Waals surface area contributed by atoms with Gasteiger partial charge in [-0.15, -0.1) is 0 Å². The Morgan fingerprint density at radius 3 is 2.47 bits per heavy atom. The van der Waals surface area contributed by atoms with Crippen molar-refractivity contribution in [3.8, 4) is 0 Å². The maximum Gasteiger partial charge on any atom is 0.238 e. The molecular formula is C16H14BrNO. The maximum atomic E-state index is 12.0. The van der Waals surface area contributed by atoms with Gasteiger partial charge in [0.2, 0.25) is 5.91 Å². The average Bonchev–Trinajstić information content (AvgIpc) is 2.58. The number of halogens is 1. The fourth-order valence-electron chi connectivity index (χ4n) is 2.57. The van der Waals surface area contributed by atoms with Crippen molar-refractivity contribution in [3.63, 3.8) is 0 Å². The lowest BCUT2D eigenvalue weighted by atomic mass is 9.87. The number of para-hydroxylation sites is 1. The summed E-state index contributed by atoms with van der Waals surface area (Å²) in [5, 5.41) is 2.99. The molecule has 0 fully saturated rings. The molecule has 0 radical (unpaired) electrons. The van der Waals surface area contributed by atoms with Crippen molar-refractivity contribution in [1.29, 1.82) is 0 Å². The molecule has 2 aromatic rings. The third kappa shape index (κ3) is 2.43. The number of carbonyl (C=O) groups is 1. The zero-order valence-electron chi connectivity index (χ0n) is 10.3. The van der Waals surface area contributed by atoms with E-state index in [1.807, 2.05) is 36.4 Å². The molecule has 2 nitrogen and oxygen atoms in total. The lowest BCUT2D eigenvalue weighted by Crippen LogP contribution is -2.21. The number of alkyl halides is 1. The molecule has 0 aliphatic carbocycles. The van der Waals surface area contributed by atoms with E-state index >= 15 is 0 Å². The number of anilines is 1. The predicted octanol–water partition coefficient (Wildman–Crippen LogP) is 3.92. The summed E-state index contributed by atoms with van der Waals surface area (Å²) in [5.74, 6) is 0.270. The number of fused-ring (bicyclic) bond motifs is 1. The molecule has 96 valence electrons. The molecule has 0 bridgehead atoms. The fraction of sp³-hybridized carbons (Fsp3) is 0.188. The highest BCUT2D eigenvalue weighted by Crippen LogP contribution is 2.38. The number of carbonyl (C=O) groups excluding carboxylic acids is 1. The molecule has 2 unspecified atom stereocenters. The van der Waals surface area contributed by atoms with Crippen LogP contribution < -0.4 is 5.32 Å². The van der Waals surface area contributed by atoms with Crippen molar-refractivity contribution >= 4 is 27.5 Å². The van der Waals surface area contributed by atoms with Crippen molar-refractivity contribution in [2.75, 3.05) is 5.32 Å². The second kappa shape index (κ2) is 5.17. The Labute approximate surface area is 121 Å². The van der Waals surface area contributed by atoms with Crippen LogP contribution in [0, 0.1) is 0 Å². The number of hydrogen-bond acceptors (Lipinski definition) is 1. The lowest BCUT2D eigenvalue weighted by Gasteiger charge is -2.18. The molecule has 1 N–H and O–H groups in total. The van der Waals surface area contributed by atoms with Crippen molar-refractivity contribution in [1.82, 2.24) is 0 Å². The summed E-state index contributed by atoms with van der Waals surface area (Å²) in [5.41, 5.74) is 3.35. The van der Waals surface area contributed by atoms with Crippen LogP contribution in [0.25, 0.3) is 0 Å². The summed E-state index contributed by atoms with van der Waals surface area (Å²) in [4.78, 5) is 11.8. The van der Waals surface area contributed by atoms with Gasteiger partial charge in [0.1, 0.15) is 0 Å². The molecule has 3 rings (SSSR count). The normalized spacial score (nSPS) is 22.3. The fourth-order valence-corrected chi connectivity index (χ4v) is 3.06. The van der Waals surface area contributed by atoms with Crippen molar-refractivity contribution in [2.45, 2.75) is 17.2 Å². The molecule has 1 aliphatic rings. The van der Waals surface area contributed by atoms with Crippen LogP contribution in [-0.4, -0.2) is 10.7 Å². The summed E-state index contributed by atoms with van der Waals surface area (Å²) in [7, 11) is 0. The van der Waals surface area contributed by atoms with E-state index in [9.17, 15) is 4.79 Å². The molecule has 1 amide bonds. The number of nitrogens with one attached hydrogen (secondary N) is 1. The average molecular weight is 316 g/mol. The summed E-state index contributed by atoms with van der Waals surface area (Å²) in [6.45, 7) is 0. The summed E-state index contributed by atoms with van der Waals surface area (Å²) >= 11 is 3.49. The van der Waals surface area contributed by atoms with E-state index in [1.165, 1.54) is 11.1 Å². The van der Waals surface area contributed by atoms with Crippen LogP contribution >= 0.6 is 15.9 Å². The Kier molecular flexibility index (Phi) is 3.38. The van der Waals surface area contributed by atoms with E-state index in [-0.39, 0.29) is 16.7 Å². The molecule has 0 saturated heterocycles. The Morgan fingerprint density at radius 1 is 1.00 bits per heavy atom. The summed E-state index contributed by atoms with van der Waals surface area (Å²) in [6.07, 6.45) is 0.771. The largest absolute Gasteiger partial charge is 0.325 e. The number of amides is 1. The van der Waals surface area contributed by atoms with Crippen LogP contribution in [-0.2, 0) is 4.79 Å². The number of benzene rings is 2. The maximum absolute atomic E-state index is 12.0. The molecule has 3 heteroatoms. The van der Waals surface area contributed by atoms with Gasteiger partial charge in [-0.1, -0.05) is 64.5 Å². The van der Waals surface area contributed by atoms with Gasteiger partial charge in [0.05, 0.1) is 4.83 Å². The first-order chi connectivity index (χ1) is 9.25. The van der Waals surface area contributed by atoms with E-state index in [4.69, 9.17) is 0 Å². The van der Waals surface area contributed by atoms with E-state index in [2.05, 4.69) is 39.4 Å². The van der Waals surface area contributed by atoms with Gasteiger partial charge in [-0.2, -0.15) is 0 Å². The van der Waals surface area contributed by atoms with Crippen LogP contribution in [0.5, 0.6) is 0 Å². The van der Waals surface area contributed by atoms with Gasteiger partial charge >= 0.3 is 0 Å². The van der Waals surface area contributed by atoms with E-state index in [0.29, 0.717) is 0 Å². The zero-order chi connectivity index (χ0) is 13.2. The second-order valence-electron chi connectivity index (χ2n) is 4.74. The molecular weight excluding hydrogens is 302 g/mol. The minimum atomic E-state index is -0.162. The lowest BCUT2D eigenvalue weighted by molar-refractivity contribution is -0.115. The van der Waals surface area contributed by atoms with Gasteiger partial charge in [-0.05, 0) is 23.6 Å². The van der Waals surface area contributed by atoms with Crippen LogP contribution in [0.4, 0.5) is 5.69 Å². The zero-order valence-corrected chi connectivity index (χ0v) is 11.9. The van der Waals surface area contributed by atoms with Crippen LogP contribution in [0.1, 0.15) is 23.5 Å². The molecule has 2 aromatic carbocycles. The molecule has 1 heterocycles. The quantitative estimate of drug-likeness (QED) is 0.794. The molecule has 19 heavy (non-hydrogen) atoms. The van der Waals surface area contributed by atoms with E-state index in [0.717, 1.165) is 12.1 Å². The van der Waals surface area contributed by atoms with Gasteiger partial charge in [0, 0.05) is 11.6 Å². The second-order valence-corrected chi connectivity index (χ2v) is 5.85. The van der Waals surface area contributed by atoms with Crippen LogP contribution in [0.3, 0.4) is 0 Å². The van der Waals surface area contributed by atoms with Gasteiger partial charge < -0.3 is 5.32 Å². The first-order valence-corrected chi connectivity index (χ1v) is 7.26. The van der Waals surface area contributed by atoms with Gasteiger partial charge in [0.25, 0.3) is 0 Å². The summed E-state index contributed by atoms with van der Waals surface area (Å²) < 4.78 is 0. The first-order valence-electron chi connectivity index (χ1n) is 6.34. The van der Waals surface area contributed by atoms with E-state index in [1.54, 1.807) is 0 Å². The molecule has 2 atom stereocenters. The number of rotatable bonds is 1. The monoisotopic (exact) mass is 315 g/mol. The van der Waals surface area contributed by atoms with Crippen molar-refractivity contribution in [3.05, 3.63) is 65.7 Å². The van der Waals surface area contributed by atoms with Gasteiger partial charge in [-0.25, -0.2) is 0 Å². The highest BCUT2D eigenvalue weighted by Gasteiger charge is 2.28. The van der Waals surface area contributed by atoms with Crippen LogP contribution in [0.2, 0.25) is 0 Å². The molecule has 0 spiro atoms. The Hall–Kier alpha value is -1.61. The Bertz CT molecular complexity index is 597. The van der Waals surface area contributed by atoms with E-state index < -0.39 is 0 Å². The smallest absolute Gasteiger partial charge is 0.238 e. The topological polar surface area (TPSA) is 29.1 Å². The highest BCUT2D eigenvalue weighted by molar-refractivity contribution is 9.10. The molecule has 0 saturated carbocycles. The minimum absolute atomic E-state index is 0.0332. The highest BCUT2D eigenvalue weighted by atomic mass is 79.9. The third-order valence-corrected chi connectivity index (χ3v) is 4.31. The molecule has 1 aliphatic heterocycles. The van der Waals surface area contributed by atoms with Gasteiger partial charge in [-0.3, -0.25) is 4.79 Å². The van der Waals surface area contributed by atoms with Crippen molar-refractivity contribution in [2.24, 2.45) is 0 Å². The standard InChI is InChI=1S/C16H14BrNO/c17-14-10-13(11-6-2-1-3-7-11)12-8-4-5-9-15(12)18-16(14)19/h1-9,13-14H,10H2,(H,18,19). The Morgan fingerprint density at radius 2 is 1.68 bits per heavy atom. The first kappa shape index (κ1) is 12.4. The predicted molar refractivity (Wildman–Crippen MR) is 80.7 cm³/mol. The van der Waals surface area contributed by atoms with Crippen LogP contribution in [0.15, 0.2) is 54.6 Å². The Balaban J connectivity index is 2.10. The molecule has 0 aromatic heterocycles. The van der Waals surface area contributed by atoms with Crippen molar-refractivity contribution < 1.29 is 4.79 Å². The number of hydrogen-bond donors (Lipinski definition) is 1. The SMILES string of the molecule is O=C1Nc2ccccc2C(c2ccccc2)CC1Br. The summed E-state index contributed by atoms with van der Waals surface area (Å²) in [6, 6.07) is 18.4. The minimum Gasteiger partial charge on any atom is -0.325 e. The third-order valence-electron chi connectivity index (χ3n) is 3.52. The van der Waals surface area contributed by atoms with Gasteiger partial charge in [0.15, 0.2) is 0 Å².